The molecule has 1 aromatic carbocycles. The SMILES string of the molecule is O=S1(=O)CCCN1CCNc1ccnc2c(Br)cccc12. The molecular formula is C14H16BrN3O2S. The molecule has 7 heteroatoms. The molecule has 0 saturated carbocycles. The third-order valence-electron chi connectivity index (χ3n) is 3.60. The highest BCUT2D eigenvalue weighted by atomic mass is 79.9. The lowest BCUT2D eigenvalue weighted by atomic mass is 10.2. The van der Waals surface area contributed by atoms with Gasteiger partial charge in [-0.15, -0.1) is 0 Å². The van der Waals surface area contributed by atoms with Gasteiger partial charge in [-0.05, 0) is 34.5 Å². The second kappa shape index (κ2) is 5.90. The molecule has 1 aliphatic heterocycles. The lowest BCUT2D eigenvalue weighted by Gasteiger charge is -2.16. The summed E-state index contributed by atoms with van der Waals surface area (Å²) in [7, 11) is -3.02. The molecule has 1 aliphatic rings. The summed E-state index contributed by atoms with van der Waals surface area (Å²) >= 11 is 3.49. The van der Waals surface area contributed by atoms with Gasteiger partial charge in [0.05, 0.1) is 11.3 Å². The number of hydrogen-bond acceptors (Lipinski definition) is 4. The number of anilines is 1. The molecule has 2 aromatic rings. The molecule has 3 rings (SSSR count). The van der Waals surface area contributed by atoms with E-state index in [-0.39, 0.29) is 5.75 Å². The first-order chi connectivity index (χ1) is 10.1. The first kappa shape index (κ1) is 14.7. The Balaban J connectivity index is 1.73. The van der Waals surface area contributed by atoms with Crippen LogP contribution in [0.5, 0.6) is 0 Å². The van der Waals surface area contributed by atoms with Gasteiger partial charge in [0.15, 0.2) is 0 Å². The third kappa shape index (κ3) is 3.04. The van der Waals surface area contributed by atoms with Gasteiger partial charge in [0.1, 0.15) is 0 Å². The molecule has 0 unspecified atom stereocenters. The van der Waals surface area contributed by atoms with Crippen LogP contribution in [0.4, 0.5) is 5.69 Å². The zero-order valence-corrected chi connectivity index (χ0v) is 13.8. The van der Waals surface area contributed by atoms with E-state index in [9.17, 15) is 8.42 Å². The standard InChI is InChI=1S/C14H16BrN3O2S/c15-12-4-1-3-11-13(5-6-17-14(11)12)16-7-9-18-8-2-10-21(18,19)20/h1,3-6H,2,7-10H2,(H,16,17). The van der Waals surface area contributed by atoms with Crippen molar-refractivity contribution in [2.45, 2.75) is 6.42 Å². The van der Waals surface area contributed by atoms with Crippen molar-refractivity contribution in [1.82, 2.24) is 9.29 Å². The van der Waals surface area contributed by atoms with Crippen LogP contribution in [0, 0.1) is 0 Å². The minimum atomic E-state index is -3.02. The van der Waals surface area contributed by atoms with Crippen LogP contribution in [-0.2, 0) is 10.0 Å². The van der Waals surface area contributed by atoms with Gasteiger partial charge in [-0.25, -0.2) is 12.7 Å². The Morgan fingerprint density at radius 3 is 2.95 bits per heavy atom. The van der Waals surface area contributed by atoms with E-state index in [1.54, 1.807) is 10.5 Å². The molecule has 1 fully saturated rings. The van der Waals surface area contributed by atoms with E-state index in [4.69, 9.17) is 0 Å². The van der Waals surface area contributed by atoms with Crippen LogP contribution in [0.2, 0.25) is 0 Å². The molecule has 1 aromatic heterocycles. The summed E-state index contributed by atoms with van der Waals surface area (Å²) in [6.07, 6.45) is 2.48. The predicted molar refractivity (Wildman–Crippen MR) is 87.9 cm³/mol. The molecule has 5 nitrogen and oxygen atoms in total. The summed E-state index contributed by atoms with van der Waals surface area (Å²) in [5.41, 5.74) is 1.87. The highest BCUT2D eigenvalue weighted by molar-refractivity contribution is 9.10. The number of fused-ring (bicyclic) bond motifs is 1. The van der Waals surface area contributed by atoms with Crippen molar-refractivity contribution < 1.29 is 8.42 Å². The van der Waals surface area contributed by atoms with Crippen molar-refractivity contribution in [3.05, 3.63) is 34.9 Å². The van der Waals surface area contributed by atoms with Crippen molar-refractivity contribution in [3.63, 3.8) is 0 Å². The maximum absolute atomic E-state index is 11.7. The molecular weight excluding hydrogens is 354 g/mol. The van der Waals surface area contributed by atoms with E-state index in [0.717, 1.165) is 27.5 Å². The smallest absolute Gasteiger partial charge is 0.214 e. The lowest BCUT2D eigenvalue weighted by molar-refractivity contribution is 0.456. The van der Waals surface area contributed by atoms with Crippen molar-refractivity contribution in [1.29, 1.82) is 0 Å². The largest absolute Gasteiger partial charge is 0.383 e. The molecule has 2 heterocycles. The van der Waals surface area contributed by atoms with Crippen LogP contribution in [0.1, 0.15) is 6.42 Å². The van der Waals surface area contributed by atoms with Gasteiger partial charge in [0, 0.05) is 41.4 Å². The molecule has 21 heavy (non-hydrogen) atoms. The van der Waals surface area contributed by atoms with Gasteiger partial charge >= 0.3 is 0 Å². The van der Waals surface area contributed by atoms with E-state index in [1.807, 2.05) is 24.3 Å². The zero-order chi connectivity index (χ0) is 14.9. The number of nitrogens with one attached hydrogen (secondary N) is 1. The van der Waals surface area contributed by atoms with Crippen molar-refractivity contribution >= 4 is 42.5 Å². The fourth-order valence-corrected chi connectivity index (χ4v) is 4.55. The molecule has 1 saturated heterocycles. The first-order valence-corrected chi connectivity index (χ1v) is 9.23. The number of para-hydroxylation sites is 1. The predicted octanol–water partition coefficient (Wildman–Crippen LogP) is 2.44. The van der Waals surface area contributed by atoms with Crippen molar-refractivity contribution in [2.75, 3.05) is 30.7 Å². The average Bonchev–Trinajstić information content (AvgIpc) is 2.79. The Hall–Kier alpha value is -1.18. The minimum absolute atomic E-state index is 0.276. The fraction of sp³-hybridized carbons (Fsp3) is 0.357. The number of halogens is 1. The van der Waals surface area contributed by atoms with Gasteiger partial charge in [-0.2, -0.15) is 0 Å². The molecule has 0 radical (unpaired) electrons. The molecule has 0 atom stereocenters. The van der Waals surface area contributed by atoms with Crippen LogP contribution in [0.25, 0.3) is 10.9 Å². The number of hydrogen-bond donors (Lipinski definition) is 1. The summed E-state index contributed by atoms with van der Waals surface area (Å²) in [4.78, 5) is 4.36. The molecule has 0 amide bonds. The quantitative estimate of drug-likeness (QED) is 0.898. The Morgan fingerprint density at radius 2 is 2.19 bits per heavy atom. The number of nitrogens with zero attached hydrogens (tertiary/aromatic N) is 2. The van der Waals surface area contributed by atoms with Crippen LogP contribution in [-0.4, -0.2) is 43.1 Å². The van der Waals surface area contributed by atoms with Gasteiger partial charge in [0.2, 0.25) is 10.0 Å². The Morgan fingerprint density at radius 1 is 1.33 bits per heavy atom. The summed E-state index contributed by atoms with van der Waals surface area (Å²) in [6.45, 7) is 1.72. The second-order valence-corrected chi connectivity index (χ2v) is 7.93. The second-order valence-electron chi connectivity index (χ2n) is 4.99. The molecule has 0 spiro atoms. The number of aromatic nitrogens is 1. The van der Waals surface area contributed by atoms with Crippen molar-refractivity contribution in [3.8, 4) is 0 Å². The summed E-state index contributed by atoms with van der Waals surface area (Å²) < 4.78 is 26.0. The Kier molecular flexibility index (Phi) is 4.14. The minimum Gasteiger partial charge on any atom is -0.383 e. The maximum Gasteiger partial charge on any atom is 0.214 e. The van der Waals surface area contributed by atoms with Crippen LogP contribution < -0.4 is 5.32 Å². The van der Waals surface area contributed by atoms with E-state index in [2.05, 4.69) is 26.2 Å². The van der Waals surface area contributed by atoms with E-state index < -0.39 is 10.0 Å². The van der Waals surface area contributed by atoms with Gasteiger partial charge < -0.3 is 5.32 Å². The van der Waals surface area contributed by atoms with Gasteiger partial charge in [-0.3, -0.25) is 4.98 Å². The van der Waals surface area contributed by atoms with Crippen LogP contribution in [0.3, 0.4) is 0 Å². The van der Waals surface area contributed by atoms with E-state index in [0.29, 0.717) is 19.6 Å². The van der Waals surface area contributed by atoms with Gasteiger partial charge in [-0.1, -0.05) is 12.1 Å². The van der Waals surface area contributed by atoms with Crippen LogP contribution >= 0.6 is 15.9 Å². The zero-order valence-electron chi connectivity index (χ0n) is 11.4. The number of sulfonamides is 1. The van der Waals surface area contributed by atoms with E-state index in [1.165, 1.54) is 0 Å². The summed E-state index contributed by atoms with van der Waals surface area (Å²) in [5, 5.41) is 4.34. The normalized spacial score (nSPS) is 18.1. The molecule has 1 N–H and O–H groups in total. The number of benzene rings is 1. The number of pyridine rings is 1. The topological polar surface area (TPSA) is 62.3 Å². The van der Waals surface area contributed by atoms with E-state index >= 15 is 0 Å². The van der Waals surface area contributed by atoms with Gasteiger partial charge in [0.25, 0.3) is 0 Å². The average molecular weight is 370 g/mol. The monoisotopic (exact) mass is 369 g/mol. The Bertz CT molecular complexity index is 764. The fourth-order valence-electron chi connectivity index (χ4n) is 2.55. The first-order valence-electron chi connectivity index (χ1n) is 6.83. The van der Waals surface area contributed by atoms with Crippen LogP contribution in [0.15, 0.2) is 34.9 Å². The highest BCUT2D eigenvalue weighted by Crippen LogP contribution is 2.27. The lowest BCUT2D eigenvalue weighted by Crippen LogP contribution is -2.30. The number of rotatable bonds is 4. The highest BCUT2D eigenvalue weighted by Gasteiger charge is 2.27. The van der Waals surface area contributed by atoms with Crippen molar-refractivity contribution in [2.24, 2.45) is 0 Å². The molecule has 112 valence electrons. The molecule has 0 bridgehead atoms. The molecule has 0 aliphatic carbocycles. The summed E-state index contributed by atoms with van der Waals surface area (Å²) in [6, 6.07) is 7.83. The Labute approximate surface area is 132 Å². The summed E-state index contributed by atoms with van der Waals surface area (Å²) in [5.74, 6) is 0.276. The maximum atomic E-state index is 11.7. The third-order valence-corrected chi connectivity index (χ3v) is 6.20.